The highest BCUT2D eigenvalue weighted by atomic mass is 35.5. The van der Waals surface area contributed by atoms with Crippen molar-refractivity contribution in [1.82, 2.24) is 10.2 Å². The van der Waals surface area contributed by atoms with Gasteiger partial charge in [-0.2, -0.15) is 0 Å². The van der Waals surface area contributed by atoms with Gasteiger partial charge >= 0.3 is 0 Å². The number of hydrogen-bond donors (Lipinski definition) is 0. The van der Waals surface area contributed by atoms with Gasteiger partial charge in [0.2, 0.25) is 10.9 Å². The molecule has 0 N–H and O–H groups in total. The second-order valence-electron chi connectivity index (χ2n) is 6.29. The first-order valence-electron chi connectivity index (χ1n) is 8.26. The predicted octanol–water partition coefficient (Wildman–Crippen LogP) is 5.35. The highest BCUT2D eigenvalue weighted by Crippen LogP contribution is 2.42. The van der Waals surface area contributed by atoms with E-state index in [0.717, 1.165) is 0 Å². The summed E-state index contributed by atoms with van der Waals surface area (Å²) in [7, 11) is 0. The van der Waals surface area contributed by atoms with Crippen molar-refractivity contribution in [3.63, 3.8) is 0 Å². The predicted molar refractivity (Wildman–Crippen MR) is 113 cm³/mol. The minimum atomic E-state index is -0.792. The van der Waals surface area contributed by atoms with Crippen molar-refractivity contribution in [2.24, 2.45) is 0 Å². The normalized spacial score (nSPS) is 15.9. The third-order valence-corrected chi connectivity index (χ3v) is 6.31. The zero-order chi connectivity index (χ0) is 20.3. The molecular weight excluding hydrogens is 457 g/mol. The summed E-state index contributed by atoms with van der Waals surface area (Å²) in [5.74, 6) is -0.530. The summed E-state index contributed by atoms with van der Waals surface area (Å²) in [6.07, 6.45) is 0. The average Bonchev–Trinajstić information content (AvgIpc) is 3.32. The van der Waals surface area contributed by atoms with Gasteiger partial charge in [-0.1, -0.05) is 52.2 Å². The monoisotopic (exact) mass is 463 g/mol. The molecule has 1 unspecified atom stereocenters. The minimum Gasteiger partial charge on any atom is -0.450 e. The maximum Gasteiger partial charge on any atom is 0.297 e. The molecule has 4 aromatic rings. The van der Waals surface area contributed by atoms with Crippen molar-refractivity contribution in [2.75, 3.05) is 4.90 Å². The van der Waals surface area contributed by atoms with Gasteiger partial charge in [0, 0.05) is 5.02 Å². The fourth-order valence-electron chi connectivity index (χ4n) is 3.41. The van der Waals surface area contributed by atoms with E-state index in [1.807, 2.05) is 0 Å². The Morgan fingerprint density at radius 1 is 1.03 bits per heavy atom. The first-order chi connectivity index (χ1) is 14.0. The number of hydrogen-bond acceptors (Lipinski definition) is 6. The molecule has 1 atom stereocenters. The minimum absolute atomic E-state index is 0.0453. The summed E-state index contributed by atoms with van der Waals surface area (Å²) in [5, 5.41) is 9.49. The van der Waals surface area contributed by atoms with Gasteiger partial charge in [-0.3, -0.25) is 14.5 Å². The van der Waals surface area contributed by atoms with Crippen LogP contribution in [0.5, 0.6) is 0 Å². The van der Waals surface area contributed by atoms with Crippen LogP contribution in [0.25, 0.3) is 11.0 Å². The zero-order valence-corrected chi connectivity index (χ0v) is 17.3. The highest BCUT2D eigenvalue weighted by molar-refractivity contribution is 7.13. The molecule has 0 radical (unpaired) electrons. The van der Waals surface area contributed by atoms with Crippen molar-refractivity contribution < 1.29 is 9.21 Å². The van der Waals surface area contributed by atoms with Crippen molar-refractivity contribution in [3.8, 4) is 0 Å². The van der Waals surface area contributed by atoms with E-state index in [9.17, 15) is 9.59 Å². The number of benzene rings is 2. The molecule has 5 rings (SSSR count). The first kappa shape index (κ1) is 18.6. The Hall–Kier alpha value is -2.45. The van der Waals surface area contributed by atoms with E-state index in [1.54, 1.807) is 30.3 Å². The van der Waals surface area contributed by atoms with E-state index in [2.05, 4.69) is 10.2 Å². The van der Waals surface area contributed by atoms with Crippen LogP contribution < -0.4 is 10.3 Å². The molecular formula is C19H8Cl3N3O3S. The van der Waals surface area contributed by atoms with E-state index >= 15 is 0 Å². The third kappa shape index (κ3) is 2.85. The Bertz CT molecular complexity index is 1350. The van der Waals surface area contributed by atoms with Crippen LogP contribution in [-0.4, -0.2) is 16.1 Å². The van der Waals surface area contributed by atoms with E-state index in [4.69, 9.17) is 39.2 Å². The Labute approximate surface area is 182 Å². The third-order valence-electron chi connectivity index (χ3n) is 4.65. The molecule has 144 valence electrons. The molecule has 0 aliphatic carbocycles. The van der Waals surface area contributed by atoms with E-state index in [-0.39, 0.29) is 27.7 Å². The van der Waals surface area contributed by atoms with E-state index in [1.165, 1.54) is 27.8 Å². The molecule has 0 spiro atoms. The number of fused-ring (bicyclic) bond motifs is 2. The fraction of sp³-hybridized carbons (Fsp3) is 0.0526. The number of nitrogens with zero attached hydrogens (tertiary/aromatic N) is 3. The second-order valence-corrected chi connectivity index (χ2v) is 8.35. The number of carbonyl (C=O) groups is 1. The van der Waals surface area contributed by atoms with Crippen molar-refractivity contribution in [3.05, 3.63) is 84.1 Å². The van der Waals surface area contributed by atoms with E-state index in [0.29, 0.717) is 25.8 Å². The molecule has 0 bridgehead atoms. The summed E-state index contributed by atoms with van der Waals surface area (Å²) in [6, 6.07) is 8.82. The lowest BCUT2D eigenvalue weighted by molar-refractivity contribution is 0.0970. The highest BCUT2D eigenvalue weighted by Gasteiger charge is 2.45. The maximum atomic E-state index is 13.4. The van der Waals surface area contributed by atoms with Crippen LogP contribution in [0.3, 0.4) is 0 Å². The molecule has 3 heterocycles. The van der Waals surface area contributed by atoms with E-state index < -0.39 is 11.9 Å². The van der Waals surface area contributed by atoms with Crippen LogP contribution in [-0.2, 0) is 0 Å². The molecule has 0 saturated heterocycles. The quantitative estimate of drug-likeness (QED) is 0.399. The summed E-state index contributed by atoms with van der Waals surface area (Å²) in [4.78, 5) is 28.0. The van der Waals surface area contributed by atoms with Crippen LogP contribution in [0, 0.1) is 0 Å². The summed E-state index contributed by atoms with van der Waals surface area (Å²) in [6.45, 7) is 0. The number of carbonyl (C=O) groups excluding carboxylic acids is 1. The van der Waals surface area contributed by atoms with Gasteiger partial charge in [0.05, 0.1) is 27.0 Å². The number of anilines is 1. The topological polar surface area (TPSA) is 76.3 Å². The van der Waals surface area contributed by atoms with Gasteiger partial charge in [-0.25, -0.2) is 0 Å². The Morgan fingerprint density at radius 2 is 1.86 bits per heavy atom. The van der Waals surface area contributed by atoms with Crippen LogP contribution in [0.2, 0.25) is 15.1 Å². The fourth-order valence-corrected chi connectivity index (χ4v) is 4.48. The molecule has 10 heteroatoms. The molecule has 0 saturated carbocycles. The zero-order valence-electron chi connectivity index (χ0n) is 14.2. The average molecular weight is 465 g/mol. The van der Waals surface area contributed by atoms with Crippen LogP contribution in [0.1, 0.15) is 27.7 Å². The van der Waals surface area contributed by atoms with Crippen LogP contribution in [0.4, 0.5) is 5.13 Å². The Kier molecular flexibility index (Phi) is 4.36. The molecule has 2 aromatic carbocycles. The van der Waals surface area contributed by atoms with Crippen molar-refractivity contribution in [2.45, 2.75) is 6.04 Å². The lowest BCUT2D eigenvalue weighted by Crippen LogP contribution is -2.29. The number of aromatic nitrogens is 2. The second kappa shape index (κ2) is 6.81. The Morgan fingerprint density at radius 3 is 2.59 bits per heavy atom. The molecule has 1 amide bonds. The summed E-state index contributed by atoms with van der Waals surface area (Å²) in [5.41, 5.74) is 2.22. The lowest BCUT2D eigenvalue weighted by atomic mass is 9.99. The van der Waals surface area contributed by atoms with Gasteiger partial charge in [-0.15, -0.1) is 10.2 Å². The summed E-state index contributed by atoms with van der Waals surface area (Å²) >= 11 is 19.5. The molecule has 0 fully saturated rings. The number of halogens is 3. The molecule has 1 aliphatic rings. The molecule has 2 aromatic heterocycles. The van der Waals surface area contributed by atoms with Gasteiger partial charge in [0.15, 0.2) is 5.43 Å². The van der Waals surface area contributed by atoms with Gasteiger partial charge in [0.25, 0.3) is 5.91 Å². The SMILES string of the molecule is O=C1c2oc3ccc(Cl)cc3c(=O)c2C(c2ccc(Cl)c(Cl)c2)N1c1nncs1. The first-order valence-corrected chi connectivity index (χ1v) is 10.3. The smallest absolute Gasteiger partial charge is 0.297 e. The van der Waals surface area contributed by atoms with Gasteiger partial charge < -0.3 is 4.42 Å². The largest absolute Gasteiger partial charge is 0.450 e. The maximum absolute atomic E-state index is 13.4. The van der Waals surface area contributed by atoms with Gasteiger partial charge in [-0.05, 0) is 35.9 Å². The lowest BCUT2D eigenvalue weighted by Gasteiger charge is -2.22. The van der Waals surface area contributed by atoms with Crippen LogP contribution in [0.15, 0.2) is 51.1 Å². The van der Waals surface area contributed by atoms with Crippen molar-refractivity contribution >= 4 is 68.1 Å². The standard InChI is InChI=1S/C19H8Cl3N3O3S/c20-9-2-4-13-10(6-9)16(26)14-15(8-1-3-11(21)12(22)5-8)25(18(27)17(14)28-13)19-24-23-7-29-19/h1-7,15H. The van der Waals surface area contributed by atoms with Crippen molar-refractivity contribution in [1.29, 1.82) is 0 Å². The molecule has 1 aliphatic heterocycles. The Balaban J connectivity index is 1.84. The van der Waals surface area contributed by atoms with Crippen LogP contribution >= 0.6 is 46.1 Å². The van der Waals surface area contributed by atoms with Gasteiger partial charge in [0.1, 0.15) is 11.1 Å². The molecule has 6 nitrogen and oxygen atoms in total. The molecule has 29 heavy (non-hydrogen) atoms. The number of rotatable bonds is 2. The number of amides is 1. The summed E-state index contributed by atoms with van der Waals surface area (Å²) < 4.78 is 5.83.